The molecule has 2 aliphatic rings. The molecule has 2 aliphatic carbocycles. The van der Waals surface area contributed by atoms with E-state index < -0.39 is 16.0 Å². The van der Waals surface area contributed by atoms with Crippen molar-refractivity contribution in [1.29, 1.82) is 0 Å². The van der Waals surface area contributed by atoms with Crippen LogP contribution in [-0.4, -0.2) is 32.6 Å². The summed E-state index contributed by atoms with van der Waals surface area (Å²) in [4.78, 5) is 10.6. The fraction of sp³-hybridized carbons (Fsp3) is 0.500. The van der Waals surface area contributed by atoms with Gasteiger partial charge in [0.2, 0.25) is 10.0 Å². The van der Waals surface area contributed by atoms with Crippen LogP contribution >= 0.6 is 0 Å². The molecule has 0 radical (unpaired) electrons. The van der Waals surface area contributed by atoms with Crippen LogP contribution in [0.4, 0.5) is 0 Å². The molecule has 0 heterocycles. The maximum Gasteiger partial charge on any atom is 0.303 e. The molecule has 6 nitrogen and oxygen atoms in total. The molecule has 0 amide bonds. The summed E-state index contributed by atoms with van der Waals surface area (Å²) in [6, 6.07) is 7.21. The number of carbonyl (C=O) groups is 1. The number of carboxylic acid groups (broad SMARTS) is 1. The van der Waals surface area contributed by atoms with Crippen LogP contribution < -0.4 is 9.46 Å². The zero-order valence-corrected chi connectivity index (χ0v) is 17.5. The summed E-state index contributed by atoms with van der Waals surface area (Å²) in [6.07, 6.45) is 10.4. The number of carboxylic acids is 1. The van der Waals surface area contributed by atoms with Gasteiger partial charge in [-0.1, -0.05) is 24.3 Å². The van der Waals surface area contributed by atoms with E-state index in [1.54, 1.807) is 19.3 Å². The van der Waals surface area contributed by atoms with Crippen LogP contribution in [0.3, 0.4) is 0 Å². The number of rotatable bonds is 10. The van der Waals surface area contributed by atoms with Gasteiger partial charge >= 0.3 is 5.97 Å². The number of ether oxygens (including phenoxy) is 1. The Bertz CT molecular complexity index is 877. The third-order valence-electron chi connectivity index (χ3n) is 5.86. The molecule has 0 aliphatic heterocycles. The van der Waals surface area contributed by atoms with E-state index in [0.29, 0.717) is 29.9 Å². The summed E-state index contributed by atoms with van der Waals surface area (Å²) in [5, 5.41) is 9.92. The van der Waals surface area contributed by atoms with E-state index in [1.807, 2.05) is 18.2 Å². The quantitative estimate of drug-likeness (QED) is 0.444. The number of hydrogen-bond acceptors (Lipinski definition) is 4. The number of sulfonamides is 1. The molecule has 4 unspecified atom stereocenters. The minimum absolute atomic E-state index is 0.0395. The lowest BCUT2D eigenvalue weighted by Gasteiger charge is -2.27. The predicted octanol–water partition coefficient (Wildman–Crippen LogP) is 3.81. The Morgan fingerprint density at radius 3 is 2.86 bits per heavy atom. The second kappa shape index (κ2) is 9.59. The maximum absolute atomic E-state index is 12.6. The summed E-state index contributed by atoms with van der Waals surface area (Å²) >= 11 is 0. The van der Waals surface area contributed by atoms with Gasteiger partial charge in [0.15, 0.2) is 0 Å². The number of nitrogens with one attached hydrogen (secondary N) is 1. The highest BCUT2D eigenvalue weighted by Gasteiger charge is 2.46. The fourth-order valence-electron chi connectivity index (χ4n) is 4.57. The first-order chi connectivity index (χ1) is 13.9. The van der Waals surface area contributed by atoms with E-state index >= 15 is 0 Å². The van der Waals surface area contributed by atoms with Crippen molar-refractivity contribution in [1.82, 2.24) is 4.72 Å². The van der Waals surface area contributed by atoms with Gasteiger partial charge in [-0.05, 0) is 73.6 Å². The van der Waals surface area contributed by atoms with Crippen LogP contribution in [0.5, 0.6) is 5.75 Å². The molecule has 2 N–H and O–H groups in total. The number of hydrogen-bond donors (Lipinski definition) is 2. The Labute approximate surface area is 172 Å². The zero-order chi connectivity index (χ0) is 20.9. The summed E-state index contributed by atoms with van der Waals surface area (Å²) in [7, 11) is -1.95. The van der Waals surface area contributed by atoms with Gasteiger partial charge < -0.3 is 9.84 Å². The fourth-order valence-corrected chi connectivity index (χ4v) is 5.68. The van der Waals surface area contributed by atoms with Gasteiger partial charge in [-0.3, -0.25) is 4.79 Å². The van der Waals surface area contributed by atoms with Gasteiger partial charge in [-0.25, -0.2) is 13.1 Å². The third-order valence-corrected chi connectivity index (χ3v) is 6.98. The SMILES string of the molecule is COc1cccc(/C=C/S(=O)(=O)NC2CC3CC(/C=C/CCCC(=O)O)C2C3)c1. The monoisotopic (exact) mass is 419 g/mol. The summed E-state index contributed by atoms with van der Waals surface area (Å²) < 4.78 is 33.2. The molecule has 4 atom stereocenters. The molecule has 3 rings (SSSR count). The molecule has 2 fully saturated rings. The van der Waals surface area contributed by atoms with Gasteiger partial charge in [0.1, 0.15) is 5.75 Å². The van der Waals surface area contributed by atoms with Crippen LogP contribution in [0.1, 0.15) is 44.1 Å². The van der Waals surface area contributed by atoms with Crippen LogP contribution in [0.2, 0.25) is 0 Å². The Kier molecular flexibility index (Phi) is 7.14. The van der Waals surface area contributed by atoms with Crippen molar-refractivity contribution in [2.24, 2.45) is 17.8 Å². The summed E-state index contributed by atoms with van der Waals surface area (Å²) in [6.45, 7) is 0. The molecule has 1 aromatic rings. The van der Waals surface area contributed by atoms with E-state index in [9.17, 15) is 13.2 Å². The second-order valence-corrected chi connectivity index (χ2v) is 9.56. The molecule has 158 valence electrons. The van der Waals surface area contributed by atoms with Crippen molar-refractivity contribution >= 4 is 22.1 Å². The van der Waals surface area contributed by atoms with Crippen molar-refractivity contribution in [3.63, 3.8) is 0 Å². The summed E-state index contributed by atoms with van der Waals surface area (Å²) in [5.74, 6) is 1.16. The Morgan fingerprint density at radius 1 is 1.31 bits per heavy atom. The smallest absolute Gasteiger partial charge is 0.303 e. The number of fused-ring (bicyclic) bond motifs is 2. The highest BCUT2D eigenvalue weighted by atomic mass is 32.2. The van der Waals surface area contributed by atoms with E-state index in [0.717, 1.165) is 31.2 Å². The van der Waals surface area contributed by atoms with Gasteiger partial charge in [0.05, 0.1) is 7.11 Å². The molecule has 29 heavy (non-hydrogen) atoms. The molecule has 2 saturated carbocycles. The van der Waals surface area contributed by atoms with Crippen molar-refractivity contribution in [2.75, 3.05) is 7.11 Å². The van der Waals surface area contributed by atoms with Crippen molar-refractivity contribution in [2.45, 2.75) is 44.6 Å². The maximum atomic E-state index is 12.6. The lowest BCUT2D eigenvalue weighted by Crippen LogP contribution is -2.40. The second-order valence-electron chi connectivity index (χ2n) is 7.96. The minimum atomic E-state index is -3.53. The first kappa shape index (κ1) is 21.6. The lowest BCUT2D eigenvalue weighted by molar-refractivity contribution is -0.137. The van der Waals surface area contributed by atoms with Crippen LogP contribution in [0.25, 0.3) is 6.08 Å². The lowest BCUT2D eigenvalue weighted by atomic mass is 9.85. The average Bonchev–Trinajstić information content (AvgIpc) is 3.25. The first-order valence-electron chi connectivity index (χ1n) is 10.1. The highest BCUT2D eigenvalue weighted by molar-refractivity contribution is 7.92. The normalized spacial score (nSPS) is 26.5. The predicted molar refractivity (Wildman–Crippen MR) is 113 cm³/mol. The number of benzene rings is 1. The third kappa shape index (κ3) is 6.18. The number of methoxy groups -OCH3 is 1. The molecular formula is C22H29NO5S. The van der Waals surface area contributed by atoms with Crippen molar-refractivity contribution in [3.8, 4) is 5.75 Å². The number of aliphatic carboxylic acids is 1. The number of unbranched alkanes of at least 4 members (excludes halogenated alkanes) is 1. The van der Waals surface area contributed by atoms with Gasteiger partial charge in [-0.15, -0.1) is 0 Å². The topological polar surface area (TPSA) is 92.7 Å². The Morgan fingerprint density at radius 2 is 2.14 bits per heavy atom. The molecule has 7 heteroatoms. The van der Waals surface area contributed by atoms with E-state index in [2.05, 4.69) is 16.9 Å². The van der Waals surface area contributed by atoms with Crippen LogP contribution in [-0.2, 0) is 14.8 Å². The Balaban J connectivity index is 1.56. The number of allylic oxidation sites excluding steroid dienone is 2. The van der Waals surface area contributed by atoms with E-state index in [1.165, 1.54) is 5.41 Å². The highest BCUT2D eigenvalue weighted by Crippen LogP contribution is 2.49. The van der Waals surface area contributed by atoms with E-state index in [4.69, 9.17) is 9.84 Å². The minimum Gasteiger partial charge on any atom is -0.497 e. The van der Waals surface area contributed by atoms with Gasteiger partial charge in [0, 0.05) is 17.9 Å². The van der Waals surface area contributed by atoms with Gasteiger partial charge in [-0.2, -0.15) is 0 Å². The van der Waals surface area contributed by atoms with Crippen molar-refractivity contribution < 1.29 is 23.1 Å². The molecule has 2 bridgehead atoms. The average molecular weight is 420 g/mol. The first-order valence-corrected chi connectivity index (χ1v) is 11.6. The largest absolute Gasteiger partial charge is 0.497 e. The van der Waals surface area contributed by atoms with E-state index in [-0.39, 0.29) is 12.5 Å². The van der Waals surface area contributed by atoms with Crippen LogP contribution in [0.15, 0.2) is 41.8 Å². The standard InChI is InChI=1S/C22H29NO5S/c1-28-19-8-5-6-16(13-19)10-11-29(26,27)23-21-15-17-12-18(20(21)14-17)7-3-2-4-9-22(24)25/h3,5-8,10-11,13,17-18,20-21,23H,2,4,9,12,14-15H2,1H3,(H,24,25)/b7-3+,11-10+. The van der Waals surface area contributed by atoms with Crippen molar-refractivity contribution in [3.05, 3.63) is 47.4 Å². The molecular weight excluding hydrogens is 390 g/mol. The van der Waals surface area contributed by atoms with Crippen LogP contribution in [0, 0.1) is 17.8 Å². The molecule has 0 spiro atoms. The molecule has 1 aromatic carbocycles. The molecule has 0 aromatic heterocycles. The molecule has 0 saturated heterocycles. The van der Waals surface area contributed by atoms with Gasteiger partial charge in [0.25, 0.3) is 0 Å². The zero-order valence-electron chi connectivity index (χ0n) is 16.7. The summed E-state index contributed by atoms with van der Waals surface area (Å²) in [5.41, 5.74) is 0.768. The Hall–Kier alpha value is -2.12.